The summed E-state index contributed by atoms with van der Waals surface area (Å²) in [6.07, 6.45) is 5.56. The molecule has 0 aliphatic heterocycles. The summed E-state index contributed by atoms with van der Waals surface area (Å²) in [5.74, 6) is -0.153. The van der Waals surface area contributed by atoms with Crippen LogP contribution in [0.1, 0.15) is 44.9 Å². The highest BCUT2D eigenvalue weighted by Gasteiger charge is 2.24. The fraction of sp³-hybridized carbons (Fsp3) is 0.769. The third-order valence-electron chi connectivity index (χ3n) is 3.31. The monoisotopic (exact) mass is 252 g/mol. The lowest BCUT2D eigenvalue weighted by Crippen LogP contribution is -2.41. The molecule has 0 radical (unpaired) electrons. The molecule has 0 unspecified atom stereocenters. The molecule has 1 N–H and O–H groups in total. The molecular formula is C13H20N2O3. The van der Waals surface area contributed by atoms with E-state index in [2.05, 4.69) is 10.1 Å². The van der Waals surface area contributed by atoms with E-state index in [-0.39, 0.29) is 12.3 Å². The van der Waals surface area contributed by atoms with E-state index in [9.17, 15) is 9.59 Å². The first kappa shape index (κ1) is 14.5. The lowest BCUT2D eigenvalue weighted by molar-refractivity contribution is -0.145. The molecule has 0 heterocycles. The van der Waals surface area contributed by atoms with Gasteiger partial charge in [-0.05, 0) is 25.2 Å². The standard InChI is InChI=1S/C13H20N2O3/c1-18-13(17)11(7-4-8-14)15-12(16)9-10-5-2-3-6-10/h10-11H,2-7,9H2,1H3,(H,15,16)/t11-/m1/s1. The molecule has 0 aromatic heterocycles. The number of hydrogen-bond acceptors (Lipinski definition) is 4. The second-order valence-electron chi connectivity index (χ2n) is 4.69. The molecule has 1 amide bonds. The number of rotatable bonds is 6. The first-order valence-corrected chi connectivity index (χ1v) is 6.41. The molecule has 5 heteroatoms. The van der Waals surface area contributed by atoms with Gasteiger partial charge in [0, 0.05) is 12.8 Å². The summed E-state index contributed by atoms with van der Waals surface area (Å²) in [5.41, 5.74) is 0. The van der Waals surface area contributed by atoms with Crippen LogP contribution in [0.5, 0.6) is 0 Å². The lowest BCUT2D eigenvalue weighted by Gasteiger charge is -2.16. The second kappa shape index (κ2) is 7.70. The lowest BCUT2D eigenvalue weighted by atomic mass is 10.0. The van der Waals surface area contributed by atoms with Gasteiger partial charge in [0.05, 0.1) is 13.2 Å². The maximum Gasteiger partial charge on any atom is 0.328 e. The van der Waals surface area contributed by atoms with Crippen molar-refractivity contribution in [1.82, 2.24) is 5.32 Å². The Hall–Kier alpha value is -1.57. The molecule has 0 bridgehead atoms. The molecule has 0 spiro atoms. The van der Waals surface area contributed by atoms with E-state index in [1.165, 1.54) is 20.0 Å². The van der Waals surface area contributed by atoms with E-state index in [0.29, 0.717) is 18.8 Å². The van der Waals surface area contributed by atoms with Gasteiger partial charge >= 0.3 is 5.97 Å². The predicted molar refractivity (Wildman–Crippen MR) is 65.4 cm³/mol. The molecular weight excluding hydrogens is 232 g/mol. The van der Waals surface area contributed by atoms with Crippen molar-refractivity contribution in [3.05, 3.63) is 0 Å². The van der Waals surface area contributed by atoms with Gasteiger partial charge in [0.25, 0.3) is 0 Å². The zero-order valence-electron chi connectivity index (χ0n) is 10.8. The molecule has 1 aliphatic carbocycles. The van der Waals surface area contributed by atoms with Crippen molar-refractivity contribution in [2.75, 3.05) is 7.11 Å². The molecule has 5 nitrogen and oxygen atoms in total. The highest BCUT2D eigenvalue weighted by Crippen LogP contribution is 2.27. The van der Waals surface area contributed by atoms with Crippen LogP contribution in [0.2, 0.25) is 0 Å². The minimum absolute atomic E-state index is 0.116. The maximum atomic E-state index is 11.8. The number of carbonyl (C=O) groups excluding carboxylic acids is 2. The van der Waals surface area contributed by atoms with Gasteiger partial charge in [0.1, 0.15) is 6.04 Å². The van der Waals surface area contributed by atoms with Crippen molar-refractivity contribution < 1.29 is 14.3 Å². The number of methoxy groups -OCH3 is 1. The summed E-state index contributed by atoms with van der Waals surface area (Å²) in [7, 11) is 1.28. The molecule has 100 valence electrons. The normalized spacial score (nSPS) is 16.9. The first-order valence-electron chi connectivity index (χ1n) is 6.41. The molecule has 0 saturated heterocycles. The Bertz CT molecular complexity index is 330. The summed E-state index contributed by atoms with van der Waals surface area (Å²) in [4.78, 5) is 23.2. The molecule has 18 heavy (non-hydrogen) atoms. The highest BCUT2D eigenvalue weighted by atomic mass is 16.5. The number of nitriles is 1. The molecule has 1 atom stereocenters. The quantitative estimate of drug-likeness (QED) is 0.727. The summed E-state index contributed by atoms with van der Waals surface area (Å²) in [6.45, 7) is 0. The van der Waals surface area contributed by atoms with E-state index >= 15 is 0 Å². The van der Waals surface area contributed by atoms with E-state index in [1.54, 1.807) is 0 Å². The number of nitrogens with zero attached hydrogens (tertiary/aromatic N) is 1. The van der Waals surface area contributed by atoms with Crippen molar-refractivity contribution in [2.24, 2.45) is 5.92 Å². The van der Waals surface area contributed by atoms with Gasteiger partial charge in [-0.2, -0.15) is 5.26 Å². The van der Waals surface area contributed by atoms with Crippen LogP contribution in [0.25, 0.3) is 0 Å². The van der Waals surface area contributed by atoms with Crippen LogP contribution in [0.15, 0.2) is 0 Å². The number of nitrogens with one attached hydrogen (secondary N) is 1. The van der Waals surface area contributed by atoms with E-state index in [0.717, 1.165) is 12.8 Å². The zero-order chi connectivity index (χ0) is 13.4. The van der Waals surface area contributed by atoms with Gasteiger partial charge in [-0.1, -0.05) is 12.8 Å². The fourth-order valence-corrected chi connectivity index (χ4v) is 2.33. The smallest absolute Gasteiger partial charge is 0.328 e. The SMILES string of the molecule is COC(=O)[C@@H](CCC#N)NC(=O)CC1CCCC1. The van der Waals surface area contributed by atoms with Crippen LogP contribution in [-0.4, -0.2) is 25.0 Å². The Balaban J connectivity index is 2.40. The number of hydrogen-bond donors (Lipinski definition) is 1. The molecule has 1 rings (SSSR count). The average molecular weight is 252 g/mol. The molecule has 0 aromatic carbocycles. The third kappa shape index (κ3) is 4.74. The molecule has 1 fully saturated rings. The first-order chi connectivity index (χ1) is 8.67. The Morgan fingerprint density at radius 3 is 2.67 bits per heavy atom. The minimum atomic E-state index is -0.691. The fourth-order valence-electron chi connectivity index (χ4n) is 2.33. The predicted octanol–water partition coefficient (Wildman–Crippen LogP) is 1.53. The van der Waals surface area contributed by atoms with E-state index in [1.807, 2.05) is 6.07 Å². The Morgan fingerprint density at radius 2 is 2.11 bits per heavy atom. The Morgan fingerprint density at radius 1 is 1.44 bits per heavy atom. The van der Waals surface area contributed by atoms with Gasteiger partial charge in [-0.15, -0.1) is 0 Å². The number of carbonyl (C=O) groups is 2. The van der Waals surface area contributed by atoms with Crippen LogP contribution < -0.4 is 5.32 Å². The maximum absolute atomic E-state index is 11.8. The Kier molecular flexibility index (Phi) is 6.20. The topological polar surface area (TPSA) is 79.2 Å². The third-order valence-corrected chi connectivity index (χ3v) is 3.31. The van der Waals surface area contributed by atoms with E-state index < -0.39 is 12.0 Å². The van der Waals surface area contributed by atoms with Crippen LogP contribution in [0.4, 0.5) is 0 Å². The van der Waals surface area contributed by atoms with Crippen molar-refractivity contribution in [1.29, 1.82) is 5.26 Å². The summed E-state index contributed by atoms with van der Waals surface area (Å²) in [5, 5.41) is 11.2. The largest absolute Gasteiger partial charge is 0.467 e. The van der Waals surface area contributed by atoms with Crippen LogP contribution in [0.3, 0.4) is 0 Å². The summed E-state index contributed by atoms with van der Waals surface area (Å²) >= 11 is 0. The van der Waals surface area contributed by atoms with Gasteiger partial charge in [0.15, 0.2) is 0 Å². The summed E-state index contributed by atoms with van der Waals surface area (Å²) < 4.78 is 4.62. The van der Waals surface area contributed by atoms with Crippen molar-refractivity contribution in [3.63, 3.8) is 0 Å². The molecule has 0 aromatic rings. The van der Waals surface area contributed by atoms with Crippen molar-refractivity contribution >= 4 is 11.9 Å². The molecule has 1 aliphatic rings. The number of amides is 1. The van der Waals surface area contributed by atoms with Crippen LogP contribution >= 0.6 is 0 Å². The van der Waals surface area contributed by atoms with Crippen LogP contribution in [-0.2, 0) is 14.3 Å². The van der Waals surface area contributed by atoms with Gasteiger partial charge in [-0.3, -0.25) is 4.79 Å². The van der Waals surface area contributed by atoms with Gasteiger partial charge < -0.3 is 10.1 Å². The van der Waals surface area contributed by atoms with Gasteiger partial charge in [-0.25, -0.2) is 4.79 Å². The highest BCUT2D eigenvalue weighted by molar-refractivity contribution is 5.84. The molecule has 1 saturated carbocycles. The zero-order valence-corrected chi connectivity index (χ0v) is 10.8. The number of ether oxygens (including phenoxy) is 1. The van der Waals surface area contributed by atoms with Crippen molar-refractivity contribution in [3.8, 4) is 6.07 Å². The second-order valence-corrected chi connectivity index (χ2v) is 4.69. The van der Waals surface area contributed by atoms with Crippen molar-refractivity contribution in [2.45, 2.75) is 51.0 Å². The van der Waals surface area contributed by atoms with E-state index in [4.69, 9.17) is 5.26 Å². The van der Waals surface area contributed by atoms with Gasteiger partial charge in [0.2, 0.25) is 5.91 Å². The number of esters is 1. The summed E-state index contributed by atoms with van der Waals surface area (Å²) in [6, 6.07) is 1.27. The minimum Gasteiger partial charge on any atom is -0.467 e. The van der Waals surface area contributed by atoms with Crippen LogP contribution in [0, 0.1) is 17.2 Å². The average Bonchev–Trinajstić information content (AvgIpc) is 2.86. The Labute approximate surface area is 107 Å².